The molecule has 0 saturated carbocycles. The summed E-state index contributed by atoms with van der Waals surface area (Å²) in [5.74, 6) is -0.221. The number of aromatic nitrogens is 5. The number of rotatable bonds is 8. The summed E-state index contributed by atoms with van der Waals surface area (Å²) in [6.45, 7) is 5.62. The number of thioether (sulfide) groups is 1. The van der Waals surface area contributed by atoms with Crippen LogP contribution >= 0.6 is 23.1 Å². The predicted molar refractivity (Wildman–Crippen MR) is 121 cm³/mol. The fourth-order valence-electron chi connectivity index (χ4n) is 3.60. The maximum atomic E-state index is 12.8. The third kappa shape index (κ3) is 4.99. The minimum Gasteiger partial charge on any atom is -0.461 e. The minimum atomic E-state index is -0.446. The van der Waals surface area contributed by atoms with Gasteiger partial charge in [0.2, 0.25) is 5.91 Å². The Bertz CT molecular complexity index is 1100. The largest absolute Gasteiger partial charge is 0.461 e. The van der Waals surface area contributed by atoms with E-state index in [-0.39, 0.29) is 18.3 Å². The molecule has 1 aliphatic rings. The quantitative estimate of drug-likeness (QED) is 0.280. The topological polar surface area (TPSA) is 103 Å². The molecule has 4 heterocycles. The highest BCUT2D eigenvalue weighted by molar-refractivity contribution is 7.99. The number of hydrogen-bond acceptors (Lipinski definition) is 9. The summed E-state index contributed by atoms with van der Waals surface area (Å²) in [7, 11) is 0. The highest BCUT2D eigenvalue weighted by atomic mass is 32.2. The maximum absolute atomic E-state index is 12.8. The third-order valence-corrected chi connectivity index (χ3v) is 7.07. The second kappa shape index (κ2) is 10.2. The average molecular weight is 473 g/mol. The molecule has 0 bridgehead atoms. The van der Waals surface area contributed by atoms with Crippen LogP contribution < -0.4 is 0 Å². The molecular formula is C21H24N6O3S2. The van der Waals surface area contributed by atoms with Crippen molar-refractivity contribution in [2.45, 2.75) is 44.9 Å². The van der Waals surface area contributed by atoms with Crippen LogP contribution in [0.2, 0.25) is 0 Å². The number of amides is 1. The van der Waals surface area contributed by atoms with Crippen LogP contribution in [-0.2, 0) is 35.5 Å². The molecule has 0 aliphatic carbocycles. The van der Waals surface area contributed by atoms with E-state index in [0.717, 1.165) is 23.4 Å². The molecule has 0 saturated heterocycles. The van der Waals surface area contributed by atoms with Crippen molar-refractivity contribution in [3.05, 3.63) is 51.5 Å². The Morgan fingerprint density at radius 1 is 1.25 bits per heavy atom. The average Bonchev–Trinajstić information content (AvgIpc) is 3.39. The molecule has 0 N–H and O–H groups in total. The van der Waals surface area contributed by atoms with Crippen LogP contribution in [0, 0.1) is 6.92 Å². The SMILES string of the molecule is CCOC(=O)c1nn(CCc2scnc2C)c2c1CN(C(=O)CSc1ncccn1)CC2. The predicted octanol–water partition coefficient (Wildman–Crippen LogP) is 2.53. The van der Waals surface area contributed by atoms with E-state index in [2.05, 4.69) is 20.1 Å². The van der Waals surface area contributed by atoms with Crippen molar-refractivity contribution in [1.29, 1.82) is 0 Å². The van der Waals surface area contributed by atoms with E-state index in [0.29, 0.717) is 36.9 Å². The lowest BCUT2D eigenvalue weighted by Gasteiger charge is -2.27. The number of carbonyl (C=O) groups is 2. The van der Waals surface area contributed by atoms with Crippen molar-refractivity contribution in [3.63, 3.8) is 0 Å². The van der Waals surface area contributed by atoms with Gasteiger partial charge in [0, 0.05) is 61.0 Å². The summed E-state index contributed by atoms with van der Waals surface area (Å²) in [6.07, 6.45) is 4.74. The Hall–Kier alpha value is -2.79. The van der Waals surface area contributed by atoms with E-state index in [1.54, 1.807) is 41.6 Å². The monoisotopic (exact) mass is 472 g/mol. The number of esters is 1. The lowest BCUT2D eigenvalue weighted by Crippen LogP contribution is -2.38. The highest BCUT2D eigenvalue weighted by Crippen LogP contribution is 2.25. The standard InChI is InChI=1S/C21H24N6O3S2/c1-3-30-20(29)19-15-11-26(18(28)12-31-21-22-7-4-8-23-21)9-5-16(15)27(25-19)10-6-17-14(2)24-13-32-17/h4,7-8,13H,3,5-6,9-12H2,1-2H3. The van der Waals surface area contributed by atoms with Crippen molar-refractivity contribution in [2.75, 3.05) is 18.9 Å². The first-order valence-electron chi connectivity index (χ1n) is 10.4. The van der Waals surface area contributed by atoms with Gasteiger partial charge in [-0.25, -0.2) is 19.7 Å². The zero-order chi connectivity index (χ0) is 22.5. The van der Waals surface area contributed by atoms with Crippen molar-refractivity contribution in [3.8, 4) is 0 Å². The van der Waals surface area contributed by atoms with Crippen LogP contribution in [0.3, 0.4) is 0 Å². The molecule has 1 aliphatic heterocycles. The number of thiazole rings is 1. The molecule has 0 fully saturated rings. The Balaban J connectivity index is 1.50. The van der Waals surface area contributed by atoms with Crippen molar-refractivity contribution in [2.24, 2.45) is 0 Å². The second-order valence-electron chi connectivity index (χ2n) is 7.21. The van der Waals surface area contributed by atoms with Crippen LogP contribution in [0.5, 0.6) is 0 Å². The van der Waals surface area contributed by atoms with Gasteiger partial charge in [0.25, 0.3) is 0 Å². The van der Waals surface area contributed by atoms with E-state index in [9.17, 15) is 9.59 Å². The van der Waals surface area contributed by atoms with Crippen LogP contribution in [0.15, 0.2) is 29.1 Å². The first kappa shape index (κ1) is 22.4. The van der Waals surface area contributed by atoms with Crippen molar-refractivity contribution >= 4 is 35.0 Å². The molecule has 32 heavy (non-hydrogen) atoms. The van der Waals surface area contributed by atoms with Gasteiger partial charge < -0.3 is 9.64 Å². The van der Waals surface area contributed by atoms with Crippen LogP contribution in [-0.4, -0.2) is 60.4 Å². The molecule has 3 aromatic rings. The zero-order valence-corrected chi connectivity index (χ0v) is 19.6. The van der Waals surface area contributed by atoms with E-state index >= 15 is 0 Å². The molecule has 168 valence electrons. The summed E-state index contributed by atoms with van der Waals surface area (Å²) in [5, 5.41) is 5.16. The summed E-state index contributed by atoms with van der Waals surface area (Å²) < 4.78 is 7.13. The van der Waals surface area contributed by atoms with E-state index in [4.69, 9.17) is 4.74 Å². The lowest BCUT2D eigenvalue weighted by molar-refractivity contribution is -0.129. The maximum Gasteiger partial charge on any atom is 0.359 e. The number of aryl methyl sites for hydroxylation is 3. The molecular weight excluding hydrogens is 448 g/mol. The Labute approximate surface area is 194 Å². The molecule has 1 amide bonds. The molecule has 11 heteroatoms. The molecule has 4 rings (SSSR count). The number of fused-ring (bicyclic) bond motifs is 1. The third-order valence-electron chi connectivity index (χ3n) is 5.22. The van der Waals surface area contributed by atoms with Gasteiger partial charge in [-0.2, -0.15) is 5.10 Å². The Morgan fingerprint density at radius 3 is 2.78 bits per heavy atom. The first-order valence-corrected chi connectivity index (χ1v) is 12.3. The van der Waals surface area contributed by atoms with Crippen molar-refractivity contribution < 1.29 is 14.3 Å². The van der Waals surface area contributed by atoms with Gasteiger partial charge >= 0.3 is 5.97 Å². The van der Waals surface area contributed by atoms with E-state index in [1.807, 2.05) is 17.1 Å². The molecule has 0 atom stereocenters. The number of carbonyl (C=O) groups excluding carboxylic acids is 2. The molecule has 9 nitrogen and oxygen atoms in total. The van der Waals surface area contributed by atoms with Gasteiger partial charge in [0.1, 0.15) is 0 Å². The summed E-state index contributed by atoms with van der Waals surface area (Å²) >= 11 is 2.93. The first-order chi connectivity index (χ1) is 15.6. The van der Waals surface area contributed by atoms with Gasteiger partial charge in [-0.05, 0) is 19.9 Å². The van der Waals surface area contributed by atoms with Crippen LogP contribution in [0.1, 0.15) is 39.2 Å². The van der Waals surface area contributed by atoms with Crippen LogP contribution in [0.4, 0.5) is 0 Å². The lowest BCUT2D eigenvalue weighted by atomic mass is 10.0. The normalized spacial score (nSPS) is 13.1. The van der Waals surface area contributed by atoms with E-state index in [1.165, 1.54) is 16.6 Å². The molecule has 3 aromatic heterocycles. The fourth-order valence-corrected chi connectivity index (χ4v) is 5.08. The van der Waals surface area contributed by atoms with Gasteiger partial charge in [-0.3, -0.25) is 9.48 Å². The molecule has 0 radical (unpaired) electrons. The fraction of sp³-hybridized carbons (Fsp3) is 0.429. The van der Waals surface area contributed by atoms with Gasteiger partial charge in [0.15, 0.2) is 10.9 Å². The summed E-state index contributed by atoms with van der Waals surface area (Å²) in [6, 6.07) is 1.74. The van der Waals surface area contributed by atoms with E-state index < -0.39 is 5.97 Å². The summed E-state index contributed by atoms with van der Waals surface area (Å²) in [5.41, 5.74) is 4.95. The molecule has 0 spiro atoms. The summed E-state index contributed by atoms with van der Waals surface area (Å²) in [4.78, 5) is 41.0. The smallest absolute Gasteiger partial charge is 0.359 e. The van der Waals surface area contributed by atoms with Gasteiger partial charge in [-0.1, -0.05) is 11.8 Å². The van der Waals surface area contributed by atoms with Gasteiger partial charge in [-0.15, -0.1) is 11.3 Å². The Kier molecular flexibility index (Phi) is 7.15. The molecule has 0 aromatic carbocycles. The van der Waals surface area contributed by atoms with Gasteiger partial charge in [0.05, 0.1) is 23.6 Å². The minimum absolute atomic E-state index is 0.0176. The second-order valence-corrected chi connectivity index (χ2v) is 9.10. The molecule has 0 unspecified atom stereocenters. The highest BCUT2D eigenvalue weighted by Gasteiger charge is 2.30. The Morgan fingerprint density at radius 2 is 2.06 bits per heavy atom. The zero-order valence-electron chi connectivity index (χ0n) is 18.0. The van der Waals surface area contributed by atoms with Crippen molar-refractivity contribution in [1.82, 2.24) is 29.6 Å². The number of nitrogens with zero attached hydrogens (tertiary/aromatic N) is 6. The number of hydrogen-bond donors (Lipinski definition) is 0. The number of ether oxygens (including phenoxy) is 1. The van der Waals surface area contributed by atoms with Crippen LogP contribution in [0.25, 0.3) is 0 Å².